The molecule has 0 aliphatic heterocycles. The molecule has 1 rings (SSSR count). The van der Waals surface area contributed by atoms with Crippen molar-refractivity contribution in [1.29, 1.82) is 0 Å². The molecule has 0 saturated carbocycles. The molecule has 1 unspecified atom stereocenters. The number of esters is 1. The molecule has 0 fully saturated rings. The molecule has 5 nitrogen and oxygen atoms in total. The molecule has 1 aromatic carbocycles. The third kappa shape index (κ3) is 6.52. The van der Waals surface area contributed by atoms with E-state index in [-0.39, 0.29) is 30.1 Å². The summed E-state index contributed by atoms with van der Waals surface area (Å²) in [6.07, 6.45) is -0.851. The van der Waals surface area contributed by atoms with Crippen LogP contribution in [-0.2, 0) is 14.3 Å². The highest BCUT2D eigenvalue weighted by molar-refractivity contribution is 5.97. The van der Waals surface area contributed by atoms with Crippen molar-refractivity contribution in [2.75, 3.05) is 0 Å². The van der Waals surface area contributed by atoms with Gasteiger partial charge in [0.15, 0.2) is 11.9 Å². The molecule has 1 atom stereocenters. The first-order valence-corrected chi connectivity index (χ1v) is 7.29. The van der Waals surface area contributed by atoms with Gasteiger partial charge in [0.1, 0.15) is 0 Å². The Morgan fingerprint density at radius 3 is 2.23 bits per heavy atom. The highest BCUT2D eigenvalue weighted by Crippen LogP contribution is 2.07. The molecular formula is C17H23NO4. The minimum atomic E-state index is -0.876. The fourth-order valence-electron chi connectivity index (χ4n) is 1.76. The van der Waals surface area contributed by atoms with E-state index in [0.717, 1.165) is 0 Å². The number of carbonyl (C=O) groups is 3. The number of ketones is 1. The molecule has 0 spiro atoms. The Balaban J connectivity index is 2.40. The van der Waals surface area contributed by atoms with Crippen molar-refractivity contribution < 1.29 is 19.1 Å². The van der Waals surface area contributed by atoms with Crippen LogP contribution in [0.1, 0.15) is 50.9 Å². The molecule has 1 amide bonds. The van der Waals surface area contributed by atoms with E-state index in [4.69, 9.17) is 4.74 Å². The minimum Gasteiger partial charge on any atom is -0.453 e. The molecular weight excluding hydrogens is 282 g/mol. The maximum atomic E-state index is 11.9. The predicted molar refractivity (Wildman–Crippen MR) is 83.5 cm³/mol. The Labute approximate surface area is 131 Å². The summed E-state index contributed by atoms with van der Waals surface area (Å²) < 4.78 is 5.04. The largest absolute Gasteiger partial charge is 0.453 e. The lowest BCUT2D eigenvalue weighted by molar-refractivity contribution is -0.155. The van der Waals surface area contributed by atoms with Crippen LogP contribution in [0.3, 0.4) is 0 Å². The first-order valence-electron chi connectivity index (χ1n) is 7.29. The average molecular weight is 305 g/mol. The lowest BCUT2D eigenvalue weighted by Gasteiger charge is -2.23. The number of hydrogen-bond acceptors (Lipinski definition) is 4. The summed E-state index contributed by atoms with van der Waals surface area (Å²) in [5, 5.41) is 2.73. The Morgan fingerprint density at radius 1 is 1.09 bits per heavy atom. The fourth-order valence-corrected chi connectivity index (χ4v) is 1.76. The number of Topliss-reactive ketones (excluding diaryl/α,β-unsaturated/α-hetero) is 1. The van der Waals surface area contributed by atoms with Crippen molar-refractivity contribution in [2.24, 2.45) is 0 Å². The van der Waals surface area contributed by atoms with Gasteiger partial charge in [0.05, 0.1) is 6.42 Å². The summed E-state index contributed by atoms with van der Waals surface area (Å²) in [5.74, 6) is -1.03. The Morgan fingerprint density at radius 2 is 1.68 bits per heavy atom. The Hall–Kier alpha value is -2.17. The highest BCUT2D eigenvalue weighted by atomic mass is 16.5. The SMILES string of the molecule is CC(OC(=O)CCC(=O)c1ccccc1)C(=O)NC(C)(C)C. The zero-order chi connectivity index (χ0) is 16.8. The Kier molecular flexibility index (Phi) is 6.28. The summed E-state index contributed by atoms with van der Waals surface area (Å²) >= 11 is 0. The standard InChI is InChI=1S/C17H23NO4/c1-12(16(21)18-17(2,3)4)22-15(20)11-10-14(19)13-8-6-5-7-9-13/h5-9,12H,10-11H2,1-4H3,(H,18,21). The van der Waals surface area contributed by atoms with Gasteiger partial charge in [-0.15, -0.1) is 0 Å². The van der Waals surface area contributed by atoms with Crippen molar-refractivity contribution in [1.82, 2.24) is 5.32 Å². The van der Waals surface area contributed by atoms with Crippen molar-refractivity contribution in [3.63, 3.8) is 0 Å². The van der Waals surface area contributed by atoms with Crippen LogP contribution in [0.5, 0.6) is 0 Å². The maximum absolute atomic E-state index is 11.9. The second-order valence-electron chi connectivity index (χ2n) is 6.16. The molecule has 0 heterocycles. The summed E-state index contributed by atoms with van der Waals surface area (Å²) in [6, 6.07) is 8.76. The normalized spacial score (nSPS) is 12.4. The molecule has 0 aliphatic carbocycles. The van der Waals surface area contributed by atoms with E-state index in [2.05, 4.69) is 5.32 Å². The molecule has 5 heteroatoms. The van der Waals surface area contributed by atoms with Crippen molar-refractivity contribution >= 4 is 17.7 Å². The predicted octanol–water partition coefficient (Wildman–Crippen LogP) is 2.50. The van der Waals surface area contributed by atoms with Crippen LogP contribution in [0, 0.1) is 0 Å². The van der Waals surface area contributed by atoms with Gasteiger partial charge in [-0.05, 0) is 27.7 Å². The van der Waals surface area contributed by atoms with Crippen molar-refractivity contribution in [3.05, 3.63) is 35.9 Å². The van der Waals surface area contributed by atoms with Crippen LogP contribution < -0.4 is 5.32 Å². The zero-order valence-electron chi connectivity index (χ0n) is 13.5. The molecule has 1 N–H and O–H groups in total. The minimum absolute atomic E-state index is 0.0408. The quantitative estimate of drug-likeness (QED) is 0.647. The number of nitrogens with one attached hydrogen (secondary N) is 1. The second kappa shape index (κ2) is 7.73. The molecule has 0 aromatic heterocycles. The van der Waals surface area contributed by atoms with Crippen LogP contribution in [0.15, 0.2) is 30.3 Å². The maximum Gasteiger partial charge on any atom is 0.307 e. The average Bonchev–Trinajstić information content (AvgIpc) is 2.43. The molecule has 1 aromatic rings. The molecule has 22 heavy (non-hydrogen) atoms. The van der Waals surface area contributed by atoms with Gasteiger partial charge in [-0.2, -0.15) is 0 Å². The smallest absolute Gasteiger partial charge is 0.307 e. The number of rotatable bonds is 6. The van der Waals surface area contributed by atoms with Gasteiger partial charge in [0, 0.05) is 17.5 Å². The van der Waals surface area contributed by atoms with E-state index < -0.39 is 12.1 Å². The number of carbonyl (C=O) groups excluding carboxylic acids is 3. The first-order chi connectivity index (χ1) is 10.2. The van der Waals surface area contributed by atoms with E-state index in [9.17, 15) is 14.4 Å². The number of ether oxygens (including phenoxy) is 1. The fraction of sp³-hybridized carbons (Fsp3) is 0.471. The van der Waals surface area contributed by atoms with Crippen LogP contribution in [0.2, 0.25) is 0 Å². The molecule has 0 radical (unpaired) electrons. The number of hydrogen-bond donors (Lipinski definition) is 1. The number of benzene rings is 1. The molecule has 120 valence electrons. The number of amides is 1. The van der Waals surface area contributed by atoms with Crippen LogP contribution in [-0.4, -0.2) is 29.3 Å². The van der Waals surface area contributed by atoms with Gasteiger partial charge >= 0.3 is 5.97 Å². The summed E-state index contributed by atoms with van der Waals surface area (Å²) in [4.78, 5) is 35.4. The summed E-state index contributed by atoms with van der Waals surface area (Å²) in [5.41, 5.74) is 0.176. The first kappa shape index (κ1) is 17.9. The van der Waals surface area contributed by atoms with E-state index in [1.165, 1.54) is 6.92 Å². The van der Waals surface area contributed by atoms with Gasteiger partial charge in [-0.1, -0.05) is 30.3 Å². The second-order valence-corrected chi connectivity index (χ2v) is 6.16. The van der Waals surface area contributed by atoms with Crippen molar-refractivity contribution in [3.8, 4) is 0 Å². The highest BCUT2D eigenvalue weighted by Gasteiger charge is 2.22. The van der Waals surface area contributed by atoms with Gasteiger partial charge in [0.25, 0.3) is 5.91 Å². The van der Waals surface area contributed by atoms with E-state index in [1.807, 2.05) is 26.8 Å². The lowest BCUT2D eigenvalue weighted by atomic mass is 10.1. The Bertz CT molecular complexity index is 531. The van der Waals surface area contributed by atoms with Crippen LogP contribution in [0.25, 0.3) is 0 Å². The molecule has 0 aliphatic rings. The third-order valence-electron chi connectivity index (χ3n) is 2.83. The third-order valence-corrected chi connectivity index (χ3v) is 2.83. The van der Waals surface area contributed by atoms with Crippen molar-refractivity contribution in [2.45, 2.75) is 52.2 Å². The van der Waals surface area contributed by atoms with Gasteiger partial charge in [0.2, 0.25) is 0 Å². The lowest BCUT2D eigenvalue weighted by Crippen LogP contribution is -2.46. The van der Waals surface area contributed by atoms with Gasteiger partial charge < -0.3 is 10.1 Å². The summed E-state index contributed by atoms with van der Waals surface area (Å²) in [6.45, 7) is 7.05. The van der Waals surface area contributed by atoms with E-state index in [0.29, 0.717) is 5.56 Å². The monoisotopic (exact) mass is 305 g/mol. The topological polar surface area (TPSA) is 72.5 Å². The van der Waals surface area contributed by atoms with E-state index >= 15 is 0 Å². The van der Waals surface area contributed by atoms with Crippen LogP contribution >= 0.6 is 0 Å². The van der Waals surface area contributed by atoms with Gasteiger partial charge in [-0.3, -0.25) is 14.4 Å². The zero-order valence-corrected chi connectivity index (χ0v) is 13.5. The van der Waals surface area contributed by atoms with E-state index in [1.54, 1.807) is 24.3 Å². The molecule has 0 bridgehead atoms. The molecule has 0 saturated heterocycles. The van der Waals surface area contributed by atoms with Gasteiger partial charge in [-0.25, -0.2) is 0 Å². The summed E-state index contributed by atoms with van der Waals surface area (Å²) in [7, 11) is 0. The van der Waals surface area contributed by atoms with Crippen LogP contribution in [0.4, 0.5) is 0 Å².